The van der Waals surface area contributed by atoms with Crippen LogP contribution in [0.3, 0.4) is 0 Å². The largest absolute Gasteiger partial charge is 0.379 e. The van der Waals surface area contributed by atoms with Crippen LogP contribution in [0.4, 0.5) is 5.69 Å². The van der Waals surface area contributed by atoms with Crippen molar-refractivity contribution in [3.8, 4) is 0 Å². The minimum atomic E-state index is 0.767. The van der Waals surface area contributed by atoms with Gasteiger partial charge in [0.25, 0.3) is 0 Å². The third-order valence-corrected chi connectivity index (χ3v) is 5.16. The predicted molar refractivity (Wildman–Crippen MR) is 114 cm³/mol. The van der Waals surface area contributed by atoms with E-state index in [4.69, 9.17) is 17.0 Å². The molecule has 0 bridgehead atoms. The lowest BCUT2D eigenvalue weighted by Gasteiger charge is -2.30. The van der Waals surface area contributed by atoms with Gasteiger partial charge in [0.2, 0.25) is 0 Å². The number of aryl methyl sites for hydroxylation is 1. The number of nitrogens with one attached hydrogen (secondary N) is 1. The number of aromatic nitrogens is 1. The first-order chi connectivity index (χ1) is 13.2. The standard InChI is InChI=1S/C21H28N4OS/c1-18-5-2-3-6-20(18)23-21(27)25(17-19-7-9-22-10-8-19)12-4-11-24-13-15-26-16-14-24/h2-3,5-10H,4,11-17H2,1H3,(H,23,27). The summed E-state index contributed by atoms with van der Waals surface area (Å²) in [6.45, 7) is 8.59. The van der Waals surface area contributed by atoms with Crippen molar-refractivity contribution >= 4 is 23.0 Å². The minimum absolute atomic E-state index is 0.767. The molecule has 0 unspecified atom stereocenters. The number of anilines is 1. The van der Waals surface area contributed by atoms with Crippen molar-refractivity contribution < 1.29 is 4.74 Å². The van der Waals surface area contributed by atoms with Crippen molar-refractivity contribution in [2.24, 2.45) is 0 Å². The summed E-state index contributed by atoms with van der Waals surface area (Å²) in [5, 5.41) is 4.19. The molecule has 1 fully saturated rings. The van der Waals surface area contributed by atoms with Crippen LogP contribution in [0, 0.1) is 6.92 Å². The molecule has 1 aromatic carbocycles. The molecule has 1 aliphatic rings. The highest BCUT2D eigenvalue weighted by Crippen LogP contribution is 2.15. The highest BCUT2D eigenvalue weighted by Gasteiger charge is 2.14. The Morgan fingerprint density at radius 2 is 1.93 bits per heavy atom. The molecule has 5 nitrogen and oxygen atoms in total. The van der Waals surface area contributed by atoms with Crippen molar-refractivity contribution in [1.82, 2.24) is 14.8 Å². The topological polar surface area (TPSA) is 40.6 Å². The smallest absolute Gasteiger partial charge is 0.173 e. The molecule has 1 aromatic heterocycles. The highest BCUT2D eigenvalue weighted by atomic mass is 32.1. The van der Waals surface area contributed by atoms with Crippen LogP contribution in [0.25, 0.3) is 0 Å². The molecule has 0 amide bonds. The molecular formula is C21H28N4OS. The van der Waals surface area contributed by atoms with Gasteiger partial charge in [-0.15, -0.1) is 0 Å². The fraction of sp³-hybridized carbons (Fsp3) is 0.429. The number of morpholine rings is 1. The molecule has 0 radical (unpaired) electrons. The minimum Gasteiger partial charge on any atom is -0.379 e. The zero-order valence-corrected chi connectivity index (χ0v) is 16.8. The second kappa shape index (κ2) is 10.3. The molecule has 0 aliphatic carbocycles. The number of nitrogens with zero attached hydrogens (tertiary/aromatic N) is 3. The van der Waals surface area contributed by atoms with Crippen LogP contribution in [0.15, 0.2) is 48.8 Å². The molecule has 0 saturated carbocycles. The van der Waals surface area contributed by atoms with Crippen molar-refractivity contribution in [3.63, 3.8) is 0 Å². The Hall–Kier alpha value is -2.02. The summed E-state index contributed by atoms with van der Waals surface area (Å²) in [4.78, 5) is 8.83. The molecule has 1 N–H and O–H groups in total. The SMILES string of the molecule is Cc1ccccc1NC(=S)N(CCCN1CCOCC1)Cc1ccncc1. The number of hydrogen-bond acceptors (Lipinski definition) is 4. The lowest BCUT2D eigenvalue weighted by molar-refractivity contribution is 0.0368. The lowest BCUT2D eigenvalue weighted by atomic mass is 10.2. The number of ether oxygens (including phenoxy) is 1. The molecule has 144 valence electrons. The number of pyridine rings is 1. The van der Waals surface area contributed by atoms with E-state index >= 15 is 0 Å². The molecule has 3 rings (SSSR count). The number of hydrogen-bond donors (Lipinski definition) is 1. The molecule has 0 spiro atoms. The quantitative estimate of drug-likeness (QED) is 0.739. The van der Waals surface area contributed by atoms with Crippen molar-refractivity contribution in [1.29, 1.82) is 0 Å². The molecule has 27 heavy (non-hydrogen) atoms. The van der Waals surface area contributed by atoms with Gasteiger partial charge in [0.15, 0.2) is 5.11 Å². The van der Waals surface area contributed by atoms with Gasteiger partial charge >= 0.3 is 0 Å². The van der Waals surface area contributed by atoms with Crippen molar-refractivity contribution in [3.05, 3.63) is 59.9 Å². The molecular weight excluding hydrogens is 356 g/mol. The fourth-order valence-corrected chi connectivity index (χ4v) is 3.44. The van der Waals surface area contributed by atoms with E-state index in [0.29, 0.717) is 0 Å². The molecule has 6 heteroatoms. The van der Waals surface area contributed by atoms with Gasteiger partial charge in [0.1, 0.15) is 0 Å². The summed E-state index contributed by atoms with van der Waals surface area (Å²) >= 11 is 5.75. The predicted octanol–water partition coefficient (Wildman–Crippen LogP) is 3.31. The molecule has 1 saturated heterocycles. The van der Waals surface area contributed by atoms with Crippen LogP contribution >= 0.6 is 12.2 Å². The zero-order chi connectivity index (χ0) is 18.9. The van der Waals surface area contributed by atoms with E-state index in [0.717, 1.165) is 63.2 Å². The maximum Gasteiger partial charge on any atom is 0.173 e. The first-order valence-corrected chi connectivity index (χ1v) is 9.94. The van der Waals surface area contributed by atoms with Crippen LogP contribution in [0.5, 0.6) is 0 Å². The first-order valence-electron chi connectivity index (χ1n) is 9.53. The van der Waals surface area contributed by atoms with Gasteiger partial charge in [-0.3, -0.25) is 9.88 Å². The van der Waals surface area contributed by atoms with E-state index in [1.54, 1.807) is 0 Å². The molecule has 0 atom stereocenters. The van der Waals surface area contributed by atoms with Gasteiger partial charge in [0, 0.05) is 50.8 Å². The third kappa shape index (κ3) is 6.27. The van der Waals surface area contributed by atoms with Crippen molar-refractivity contribution in [2.45, 2.75) is 19.9 Å². The monoisotopic (exact) mass is 384 g/mol. The maximum atomic E-state index is 5.75. The van der Waals surface area contributed by atoms with Crippen LogP contribution in [0.1, 0.15) is 17.5 Å². The summed E-state index contributed by atoms with van der Waals surface area (Å²) in [5.74, 6) is 0. The van der Waals surface area contributed by atoms with E-state index in [-0.39, 0.29) is 0 Å². The van der Waals surface area contributed by atoms with E-state index in [9.17, 15) is 0 Å². The van der Waals surface area contributed by atoms with Crippen LogP contribution in [0.2, 0.25) is 0 Å². The van der Waals surface area contributed by atoms with Gasteiger partial charge in [-0.2, -0.15) is 0 Å². The molecule has 2 aromatic rings. The lowest BCUT2D eigenvalue weighted by Crippen LogP contribution is -2.40. The van der Waals surface area contributed by atoms with Gasteiger partial charge in [-0.1, -0.05) is 18.2 Å². The molecule has 1 aliphatic heterocycles. The number of benzene rings is 1. The Balaban J connectivity index is 1.61. The van der Waals surface area contributed by atoms with Gasteiger partial charge < -0.3 is 15.0 Å². The zero-order valence-electron chi connectivity index (χ0n) is 15.9. The Morgan fingerprint density at radius 3 is 2.67 bits per heavy atom. The first kappa shape index (κ1) is 19.7. The summed E-state index contributed by atoms with van der Waals surface area (Å²) in [6, 6.07) is 12.3. The van der Waals surface area contributed by atoms with Crippen molar-refractivity contribution in [2.75, 3.05) is 44.7 Å². The summed E-state index contributed by atoms with van der Waals surface area (Å²) in [5.41, 5.74) is 3.47. The highest BCUT2D eigenvalue weighted by molar-refractivity contribution is 7.80. The Labute approximate surface area is 167 Å². The van der Waals surface area contributed by atoms with Gasteiger partial charge in [-0.05, 0) is 54.9 Å². The third-order valence-electron chi connectivity index (χ3n) is 4.80. The van der Waals surface area contributed by atoms with Crippen LogP contribution < -0.4 is 5.32 Å². The van der Waals surface area contributed by atoms with Gasteiger partial charge in [-0.25, -0.2) is 0 Å². The Morgan fingerprint density at radius 1 is 1.19 bits per heavy atom. The summed E-state index contributed by atoms with van der Waals surface area (Å²) in [6.07, 6.45) is 4.73. The van der Waals surface area contributed by atoms with E-state index in [2.05, 4.69) is 39.2 Å². The summed E-state index contributed by atoms with van der Waals surface area (Å²) < 4.78 is 5.43. The van der Waals surface area contributed by atoms with Crippen LogP contribution in [-0.2, 0) is 11.3 Å². The average Bonchev–Trinajstić information content (AvgIpc) is 2.70. The fourth-order valence-electron chi connectivity index (χ4n) is 3.18. The van der Waals surface area contributed by atoms with E-state index in [1.807, 2.05) is 36.7 Å². The Bertz CT molecular complexity index is 719. The van der Waals surface area contributed by atoms with E-state index < -0.39 is 0 Å². The second-order valence-corrected chi connectivity index (χ2v) is 7.22. The van der Waals surface area contributed by atoms with E-state index in [1.165, 1.54) is 11.1 Å². The summed E-state index contributed by atoms with van der Waals surface area (Å²) in [7, 11) is 0. The number of rotatable bonds is 7. The van der Waals surface area contributed by atoms with Crippen LogP contribution in [-0.4, -0.2) is 59.3 Å². The normalized spacial score (nSPS) is 14.7. The van der Waals surface area contributed by atoms with Gasteiger partial charge in [0.05, 0.1) is 13.2 Å². The maximum absolute atomic E-state index is 5.75. The number of thiocarbonyl (C=S) groups is 1. The second-order valence-electron chi connectivity index (χ2n) is 6.83. The Kier molecular flexibility index (Phi) is 7.56. The average molecular weight is 385 g/mol. The number of para-hydroxylation sites is 1. The molecule has 2 heterocycles.